The van der Waals surface area contributed by atoms with Gasteiger partial charge >= 0.3 is 0 Å². The summed E-state index contributed by atoms with van der Waals surface area (Å²) in [6.45, 7) is 4.66. The Morgan fingerprint density at radius 3 is 2.14 bits per heavy atom. The Morgan fingerprint density at radius 2 is 1.57 bits per heavy atom. The molecule has 2 fully saturated rings. The summed E-state index contributed by atoms with van der Waals surface area (Å²) >= 11 is 3.55. The average molecular weight is 396 g/mol. The fourth-order valence-electron chi connectivity index (χ4n) is 3.67. The Morgan fingerprint density at radius 1 is 1.00 bits per heavy atom. The summed E-state index contributed by atoms with van der Waals surface area (Å²) in [5.41, 5.74) is 1.51. The van der Waals surface area contributed by atoms with Gasteiger partial charge in [-0.1, -0.05) is 40.9 Å². The number of nitrogens with one attached hydrogen (secondary N) is 1. The van der Waals surface area contributed by atoms with Crippen molar-refractivity contribution in [3.63, 3.8) is 0 Å². The highest BCUT2D eigenvalue weighted by atomic mass is 79.9. The summed E-state index contributed by atoms with van der Waals surface area (Å²) < 4.78 is 1.18. The van der Waals surface area contributed by atoms with Crippen LogP contribution in [0.4, 0.5) is 0 Å². The van der Waals surface area contributed by atoms with Crippen LogP contribution in [0.2, 0.25) is 0 Å². The molecule has 1 N–H and O–H groups in total. The molecule has 1 saturated heterocycles. The molecule has 0 unspecified atom stereocenters. The van der Waals surface area contributed by atoms with Crippen LogP contribution in [0.15, 0.2) is 28.7 Å². The van der Waals surface area contributed by atoms with E-state index in [1.54, 1.807) is 0 Å². The van der Waals surface area contributed by atoms with Crippen molar-refractivity contribution in [2.75, 3.05) is 26.2 Å². The minimum absolute atomic E-state index is 0. The first-order chi connectivity index (χ1) is 9.34. The van der Waals surface area contributed by atoms with Gasteiger partial charge < -0.3 is 5.32 Å². The van der Waals surface area contributed by atoms with E-state index in [9.17, 15) is 0 Å². The zero-order valence-electron chi connectivity index (χ0n) is 12.3. The average Bonchev–Trinajstić information content (AvgIpc) is 2.96. The lowest BCUT2D eigenvalue weighted by atomic mass is 9.90. The minimum atomic E-state index is 0. The van der Waals surface area contributed by atoms with Gasteiger partial charge in [0.05, 0.1) is 0 Å². The molecule has 21 heavy (non-hydrogen) atoms. The SMILES string of the molecule is Brc1ccc([C@@H](C2CCCC2)N2CCNCC2)cc1.Cl.Cl. The fourth-order valence-corrected chi connectivity index (χ4v) is 3.94. The molecule has 1 aliphatic heterocycles. The van der Waals surface area contributed by atoms with Gasteiger partial charge in [-0.2, -0.15) is 0 Å². The number of halogens is 3. The highest BCUT2D eigenvalue weighted by Crippen LogP contribution is 2.39. The second-order valence-corrected chi connectivity index (χ2v) is 6.74. The molecule has 1 aliphatic carbocycles. The lowest BCUT2D eigenvalue weighted by Gasteiger charge is -2.38. The van der Waals surface area contributed by atoms with E-state index in [0.29, 0.717) is 6.04 Å². The van der Waals surface area contributed by atoms with Gasteiger partial charge in [0.1, 0.15) is 0 Å². The minimum Gasteiger partial charge on any atom is -0.314 e. The fraction of sp³-hybridized carbons (Fsp3) is 0.625. The predicted octanol–water partition coefficient (Wildman–Crippen LogP) is 4.43. The summed E-state index contributed by atoms with van der Waals surface area (Å²) in [7, 11) is 0. The molecule has 3 rings (SSSR count). The van der Waals surface area contributed by atoms with E-state index < -0.39 is 0 Å². The molecule has 1 aromatic carbocycles. The van der Waals surface area contributed by atoms with Gasteiger partial charge in [-0.15, -0.1) is 24.8 Å². The summed E-state index contributed by atoms with van der Waals surface area (Å²) in [4.78, 5) is 2.70. The van der Waals surface area contributed by atoms with Crippen LogP contribution in [0.25, 0.3) is 0 Å². The van der Waals surface area contributed by atoms with Crippen molar-refractivity contribution >= 4 is 40.7 Å². The van der Waals surface area contributed by atoms with E-state index >= 15 is 0 Å². The van der Waals surface area contributed by atoms with Gasteiger partial charge in [0, 0.05) is 36.7 Å². The third-order valence-corrected chi connectivity index (χ3v) is 5.13. The standard InChI is InChI=1S/C16H23BrN2.2ClH/c17-15-7-5-14(6-8-15)16(13-3-1-2-4-13)19-11-9-18-10-12-19;;/h5-8,13,16,18H,1-4,9-12H2;2*1H/t16-;;/m1../s1. The summed E-state index contributed by atoms with van der Waals surface area (Å²) in [5, 5.41) is 3.47. The Kier molecular flexibility index (Phi) is 8.58. The molecule has 2 aliphatic rings. The monoisotopic (exact) mass is 394 g/mol. The van der Waals surface area contributed by atoms with E-state index in [4.69, 9.17) is 0 Å². The Hall–Kier alpha value is 0.200. The molecular weight excluding hydrogens is 371 g/mol. The highest BCUT2D eigenvalue weighted by Gasteiger charge is 2.31. The van der Waals surface area contributed by atoms with Crippen LogP contribution in [0.1, 0.15) is 37.3 Å². The Labute approximate surface area is 149 Å². The van der Waals surface area contributed by atoms with Crippen molar-refractivity contribution in [1.29, 1.82) is 0 Å². The van der Waals surface area contributed by atoms with E-state index in [1.807, 2.05) is 0 Å². The van der Waals surface area contributed by atoms with Crippen molar-refractivity contribution in [2.24, 2.45) is 5.92 Å². The van der Waals surface area contributed by atoms with Crippen molar-refractivity contribution in [1.82, 2.24) is 10.2 Å². The second kappa shape index (κ2) is 9.36. The topological polar surface area (TPSA) is 15.3 Å². The number of piperazine rings is 1. The van der Waals surface area contributed by atoms with Crippen molar-refractivity contribution in [3.05, 3.63) is 34.3 Å². The normalized spacial score (nSPS) is 21.4. The van der Waals surface area contributed by atoms with Crippen LogP contribution in [0.5, 0.6) is 0 Å². The number of benzene rings is 1. The molecule has 1 aromatic rings. The van der Waals surface area contributed by atoms with E-state index in [1.165, 1.54) is 48.8 Å². The predicted molar refractivity (Wildman–Crippen MR) is 97.8 cm³/mol. The maximum absolute atomic E-state index is 3.55. The van der Waals surface area contributed by atoms with Crippen molar-refractivity contribution < 1.29 is 0 Å². The molecule has 1 saturated carbocycles. The van der Waals surface area contributed by atoms with Crippen molar-refractivity contribution in [3.8, 4) is 0 Å². The molecule has 5 heteroatoms. The molecule has 1 heterocycles. The first-order valence-corrected chi connectivity index (χ1v) is 8.34. The van der Waals surface area contributed by atoms with Gasteiger partial charge in [-0.05, 0) is 36.5 Å². The lowest BCUT2D eigenvalue weighted by molar-refractivity contribution is 0.125. The number of nitrogens with zero attached hydrogens (tertiary/aromatic N) is 1. The summed E-state index contributed by atoms with van der Waals surface area (Å²) in [6.07, 6.45) is 5.66. The molecule has 0 bridgehead atoms. The zero-order chi connectivity index (χ0) is 13.1. The first-order valence-electron chi connectivity index (χ1n) is 7.55. The van der Waals surface area contributed by atoms with Gasteiger partial charge in [0.15, 0.2) is 0 Å². The molecule has 0 aromatic heterocycles. The van der Waals surface area contributed by atoms with E-state index in [2.05, 4.69) is 50.4 Å². The Bertz CT molecular complexity index is 401. The highest BCUT2D eigenvalue weighted by molar-refractivity contribution is 9.10. The largest absolute Gasteiger partial charge is 0.314 e. The summed E-state index contributed by atoms with van der Waals surface area (Å²) in [6, 6.07) is 9.65. The number of hydrogen-bond donors (Lipinski definition) is 1. The summed E-state index contributed by atoms with van der Waals surface area (Å²) in [5.74, 6) is 0.860. The molecule has 0 spiro atoms. The third kappa shape index (κ3) is 4.84. The van der Waals surface area contributed by atoms with Crippen LogP contribution >= 0.6 is 40.7 Å². The zero-order valence-corrected chi connectivity index (χ0v) is 15.5. The molecule has 0 radical (unpaired) electrons. The lowest BCUT2D eigenvalue weighted by Crippen LogP contribution is -2.46. The van der Waals surface area contributed by atoms with Gasteiger partial charge in [-0.3, -0.25) is 4.90 Å². The molecule has 0 amide bonds. The van der Waals surface area contributed by atoms with Crippen LogP contribution < -0.4 is 5.32 Å². The van der Waals surface area contributed by atoms with Gasteiger partial charge in [-0.25, -0.2) is 0 Å². The van der Waals surface area contributed by atoms with Gasteiger partial charge in [0.2, 0.25) is 0 Å². The smallest absolute Gasteiger partial charge is 0.0377 e. The quantitative estimate of drug-likeness (QED) is 0.814. The van der Waals surface area contributed by atoms with Crippen LogP contribution in [0.3, 0.4) is 0 Å². The molecular formula is C16H25BrCl2N2. The maximum atomic E-state index is 3.55. The Balaban J connectivity index is 0.00000110. The van der Waals surface area contributed by atoms with Gasteiger partial charge in [0.25, 0.3) is 0 Å². The molecule has 2 nitrogen and oxygen atoms in total. The third-order valence-electron chi connectivity index (χ3n) is 4.60. The number of hydrogen-bond acceptors (Lipinski definition) is 2. The van der Waals surface area contributed by atoms with Crippen molar-refractivity contribution in [2.45, 2.75) is 31.7 Å². The molecule has 1 atom stereocenters. The second-order valence-electron chi connectivity index (χ2n) is 5.83. The first kappa shape index (κ1) is 19.2. The molecule has 120 valence electrons. The maximum Gasteiger partial charge on any atom is 0.0377 e. The van der Waals surface area contributed by atoms with E-state index in [-0.39, 0.29) is 24.8 Å². The van der Waals surface area contributed by atoms with Crippen LogP contribution in [-0.4, -0.2) is 31.1 Å². The van der Waals surface area contributed by atoms with Crippen LogP contribution in [0, 0.1) is 5.92 Å². The van der Waals surface area contributed by atoms with E-state index in [0.717, 1.165) is 19.0 Å². The van der Waals surface area contributed by atoms with Crippen LogP contribution in [-0.2, 0) is 0 Å². The number of rotatable bonds is 3.